The SMILES string of the molecule is CCOC(=O)C1CCN(C(=O)C2CCN(Cc3cn(C)c4ccc(Cl)cc34)CC2)CC1. The zero-order chi connectivity index (χ0) is 22.0. The Morgan fingerprint density at radius 3 is 2.42 bits per heavy atom. The van der Waals surface area contributed by atoms with Crippen molar-refractivity contribution in [2.24, 2.45) is 18.9 Å². The van der Waals surface area contributed by atoms with Crippen molar-refractivity contribution in [3.05, 3.63) is 35.0 Å². The lowest BCUT2D eigenvalue weighted by molar-refractivity contribution is -0.152. The van der Waals surface area contributed by atoms with Crippen LogP contribution >= 0.6 is 11.6 Å². The number of hydrogen-bond acceptors (Lipinski definition) is 4. The Hall–Kier alpha value is -2.05. The maximum absolute atomic E-state index is 13.0. The fourth-order valence-electron chi connectivity index (χ4n) is 5.00. The van der Waals surface area contributed by atoms with E-state index >= 15 is 0 Å². The number of fused-ring (bicyclic) bond motifs is 1. The lowest BCUT2D eigenvalue weighted by Crippen LogP contribution is -2.46. The summed E-state index contributed by atoms with van der Waals surface area (Å²) in [5.41, 5.74) is 2.47. The second-order valence-corrected chi connectivity index (χ2v) is 9.27. The molecule has 168 valence electrons. The first-order valence-corrected chi connectivity index (χ1v) is 11.7. The second-order valence-electron chi connectivity index (χ2n) is 8.83. The number of likely N-dealkylation sites (tertiary alicyclic amines) is 2. The van der Waals surface area contributed by atoms with Crippen LogP contribution in [0.3, 0.4) is 0 Å². The third-order valence-corrected chi connectivity index (χ3v) is 7.03. The molecular weight excluding hydrogens is 414 g/mol. The molecule has 0 aliphatic carbocycles. The van der Waals surface area contributed by atoms with Crippen molar-refractivity contribution in [3.63, 3.8) is 0 Å². The zero-order valence-corrected chi connectivity index (χ0v) is 19.2. The van der Waals surface area contributed by atoms with Crippen molar-refractivity contribution in [2.45, 2.75) is 39.2 Å². The first kappa shape index (κ1) is 22.2. The molecule has 7 heteroatoms. The molecule has 0 unspecified atom stereocenters. The molecule has 3 heterocycles. The normalized spacial score (nSPS) is 19.1. The molecule has 0 N–H and O–H groups in total. The zero-order valence-electron chi connectivity index (χ0n) is 18.5. The van der Waals surface area contributed by atoms with Crippen molar-refractivity contribution >= 4 is 34.4 Å². The highest BCUT2D eigenvalue weighted by Gasteiger charge is 2.33. The van der Waals surface area contributed by atoms with Crippen molar-refractivity contribution < 1.29 is 14.3 Å². The average molecular weight is 446 g/mol. The molecule has 1 aromatic heterocycles. The molecule has 1 aromatic carbocycles. The number of benzene rings is 1. The molecule has 2 aliphatic heterocycles. The number of aryl methyl sites for hydroxylation is 1. The molecule has 0 spiro atoms. The number of hydrogen-bond donors (Lipinski definition) is 0. The second kappa shape index (κ2) is 9.61. The summed E-state index contributed by atoms with van der Waals surface area (Å²) in [6.07, 6.45) is 5.40. The predicted octanol–water partition coefficient (Wildman–Crippen LogP) is 3.85. The van der Waals surface area contributed by atoms with Crippen molar-refractivity contribution in [3.8, 4) is 0 Å². The van der Waals surface area contributed by atoms with Crippen LogP contribution in [0.25, 0.3) is 10.9 Å². The van der Waals surface area contributed by atoms with Crippen LogP contribution in [0.1, 0.15) is 38.2 Å². The highest BCUT2D eigenvalue weighted by atomic mass is 35.5. The van der Waals surface area contributed by atoms with Crippen LogP contribution < -0.4 is 0 Å². The van der Waals surface area contributed by atoms with Gasteiger partial charge in [-0.15, -0.1) is 0 Å². The van der Waals surface area contributed by atoms with E-state index in [1.165, 1.54) is 16.5 Å². The molecule has 0 bridgehead atoms. The topological polar surface area (TPSA) is 54.8 Å². The standard InChI is InChI=1S/C24H32ClN3O3/c1-3-31-24(30)18-8-12-28(13-9-18)23(29)17-6-10-27(11-7-17)16-19-15-26(2)22-5-4-20(25)14-21(19)22/h4-5,14-15,17-18H,3,6-13,16H2,1-2H3. The predicted molar refractivity (Wildman–Crippen MR) is 122 cm³/mol. The Kier molecular flexibility index (Phi) is 6.87. The minimum absolute atomic E-state index is 0.0555. The molecule has 0 radical (unpaired) electrons. The summed E-state index contributed by atoms with van der Waals surface area (Å²) in [5.74, 6) is 0.189. The molecule has 2 aromatic rings. The summed E-state index contributed by atoms with van der Waals surface area (Å²) in [5, 5.41) is 1.97. The van der Waals surface area contributed by atoms with Gasteiger partial charge in [0, 0.05) is 54.7 Å². The fraction of sp³-hybridized carbons (Fsp3) is 0.583. The smallest absolute Gasteiger partial charge is 0.309 e. The third kappa shape index (κ3) is 4.90. The van der Waals surface area contributed by atoms with E-state index in [0.29, 0.717) is 32.5 Å². The Bertz CT molecular complexity index is 941. The fourth-order valence-corrected chi connectivity index (χ4v) is 5.18. The van der Waals surface area contributed by atoms with Crippen LogP contribution in [0.2, 0.25) is 5.02 Å². The van der Waals surface area contributed by atoms with Crippen LogP contribution in [0.5, 0.6) is 0 Å². The summed E-state index contributed by atoms with van der Waals surface area (Å²) in [6, 6.07) is 6.04. The summed E-state index contributed by atoms with van der Waals surface area (Å²) >= 11 is 6.22. The number of ether oxygens (including phenoxy) is 1. The first-order valence-electron chi connectivity index (χ1n) is 11.4. The van der Waals surface area contributed by atoms with Gasteiger partial charge in [-0.1, -0.05) is 11.6 Å². The van der Waals surface area contributed by atoms with E-state index in [0.717, 1.165) is 37.5 Å². The molecule has 0 saturated carbocycles. The number of esters is 1. The Morgan fingerprint density at radius 1 is 1.06 bits per heavy atom. The molecule has 6 nitrogen and oxygen atoms in total. The molecule has 0 atom stereocenters. The third-order valence-electron chi connectivity index (χ3n) is 6.79. The monoisotopic (exact) mass is 445 g/mol. The maximum Gasteiger partial charge on any atom is 0.309 e. The Balaban J connectivity index is 1.29. The van der Waals surface area contributed by atoms with E-state index in [1.807, 2.05) is 24.0 Å². The Labute approximate surface area is 189 Å². The summed E-state index contributed by atoms with van der Waals surface area (Å²) < 4.78 is 7.28. The number of piperidine rings is 2. The molecule has 31 heavy (non-hydrogen) atoms. The van der Waals surface area contributed by atoms with Gasteiger partial charge in [0.15, 0.2) is 0 Å². The number of amides is 1. The van der Waals surface area contributed by atoms with Gasteiger partial charge in [0.05, 0.1) is 12.5 Å². The van der Waals surface area contributed by atoms with Crippen LogP contribution in [0.4, 0.5) is 0 Å². The minimum atomic E-state index is -0.113. The molecular formula is C24H32ClN3O3. The van der Waals surface area contributed by atoms with Gasteiger partial charge in [-0.05, 0) is 69.5 Å². The van der Waals surface area contributed by atoms with Crippen molar-refractivity contribution in [2.75, 3.05) is 32.8 Å². The van der Waals surface area contributed by atoms with Gasteiger partial charge in [-0.25, -0.2) is 0 Å². The summed E-state index contributed by atoms with van der Waals surface area (Å²) in [7, 11) is 2.07. The quantitative estimate of drug-likeness (QED) is 0.656. The van der Waals surface area contributed by atoms with Gasteiger partial charge >= 0.3 is 5.97 Å². The van der Waals surface area contributed by atoms with E-state index < -0.39 is 0 Å². The lowest BCUT2D eigenvalue weighted by Gasteiger charge is -2.36. The number of carbonyl (C=O) groups excluding carboxylic acids is 2. The number of rotatable bonds is 5. The van der Waals surface area contributed by atoms with Gasteiger partial charge < -0.3 is 14.2 Å². The molecule has 2 fully saturated rings. The minimum Gasteiger partial charge on any atom is -0.466 e. The van der Waals surface area contributed by atoms with Crippen LogP contribution in [-0.4, -0.2) is 59.0 Å². The van der Waals surface area contributed by atoms with E-state index in [9.17, 15) is 9.59 Å². The molecule has 4 rings (SSSR count). The van der Waals surface area contributed by atoms with Gasteiger partial charge in [0.1, 0.15) is 0 Å². The molecule has 1 amide bonds. The summed E-state index contributed by atoms with van der Waals surface area (Å²) in [4.78, 5) is 29.3. The van der Waals surface area contributed by atoms with E-state index in [4.69, 9.17) is 16.3 Å². The van der Waals surface area contributed by atoms with E-state index in [1.54, 1.807) is 0 Å². The first-order chi connectivity index (χ1) is 15.0. The summed E-state index contributed by atoms with van der Waals surface area (Å²) in [6.45, 7) is 6.31. The largest absolute Gasteiger partial charge is 0.466 e. The number of aromatic nitrogens is 1. The highest BCUT2D eigenvalue weighted by molar-refractivity contribution is 6.31. The van der Waals surface area contributed by atoms with Gasteiger partial charge in [0.2, 0.25) is 5.91 Å². The van der Waals surface area contributed by atoms with E-state index in [2.05, 4.69) is 28.8 Å². The van der Waals surface area contributed by atoms with Crippen molar-refractivity contribution in [1.82, 2.24) is 14.4 Å². The number of halogens is 1. The van der Waals surface area contributed by atoms with Crippen LogP contribution in [-0.2, 0) is 27.9 Å². The Morgan fingerprint density at radius 2 is 1.74 bits per heavy atom. The lowest BCUT2D eigenvalue weighted by atomic mass is 9.92. The van der Waals surface area contributed by atoms with E-state index in [-0.39, 0.29) is 23.7 Å². The van der Waals surface area contributed by atoms with Crippen LogP contribution in [0, 0.1) is 11.8 Å². The average Bonchev–Trinajstić information content (AvgIpc) is 3.08. The maximum atomic E-state index is 13.0. The number of carbonyl (C=O) groups is 2. The van der Waals surface area contributed by atoms with Crippen molar-refractivity contribution in [1.29, 1.82) is 0 Å². The molecule has 2 saturated heterocycles. The van der Waals surface area contributed by atoms with Crippen LogP contribution in [0.15, 0.2) is 24.4 Å². The van der Waals surface area contributed by atoms with Gasteiger partial charge in [-0.2, -0.15) is 0 Å². The molecule has 2 aliphatic rings. The number of nitrogens with zero attached hydrogens (tertiary/aromatic N) is 3. The van der Waals surface area contributed by atoms with Gasteiger partial charge in [-0.3, -0.25) is 14.5 Å². The van der Waals surface area contributed by atoms with Gasteiger partial charge in [0.25, 0.3) is 0 Å². The highest BCUT2D eigenvalue weighted by Crippen LogP contribution is 2.28.